The van der Waals surface area contributed by atoms with Gasteiger partial charge in [-0.3, -0.25) is 9.78 Å². The van der Waals surface area contributed by atoms with E-state index in [1.54, 1.807) is 41.6 Å². The first-order valence-electron chi connectivity index (χ1n) is 9.99. The lowest BCUT2D eigenvalue weighted by Gasteiger charge is -2.33. The SMILES string of the molecule is CCC(CC)(NC(=O)c1cncc2c1cnn2-c1ccc(F)cc1)c1ccnc(Br)c1. The molecule has 158 valence electrons. The van der Waals surface area contributed by atoms with Gasteiger partial charge in [0.1, 0.15) is 10.4 Å². The lowest BCUT2D eigenvalue weighted by atomic mass is 9.85. The number of amides is 1. The van der Waals surface area contributed by atoms with Crippen molar-refractivity contribution in [3.63, 3.8) is 0 Å². The van der Waals surface area contributed by atoms with Gasteiger partial charge in [0.25, 0.3) is 5.91 Å². The highest BCUT2D eigenvalue weighted by Crippen LogP contribution is 2.31. The number of fused-ring (bicyclic) bond motifs is 1. The zero-order chi connectivity index (χ0) is 22.0. The number of hydrogen-bond acceptors (Lipinski definition) is 4. The van der Waals surface area contributed by atoms with Crippen LogP contribution in [0.4, 0.5) is 4.39 Å². The molecule has 4 aromatic rings. The van der Waals surface area contributed by atoms with Gasteiger partial charge in [-0.15, -0.1) is 0 Å². The quantitative estimate of drug-likeness (QED) is 0.386. The van der Waals surface area contributed by atoms with E-state index < -0.39 is 5.54 Å². The molecule has 0 aliphatic carbocycles. The van der Waals surface area contributed by atoms with Gasteiger partial charge in [0, 0.05) is 17.8 Å². The number of aromatic nitrogens is 4. The minimum Gasteiger partial charge on any atom is -0.342 e. The van der Waals surface area contributed by atoms with Crippen molar-refractivity contribution < 1.29 is 9.18 Å². The molecule has 0 aliphatic rings. The zero-order valence-electron chi connectivity index (χ0n) is 17.1. The molecule has 0 atom stereocenters. The van der Waals surface area contributed by atoms with Crippen LogP contribution in [-0.4, -0.2) is 25.7 Å². The monoisotopic (exact) mass is 481 g/mol. The Labute approximate surface area is 187 Å². The summed E-state index contributed by atoms with van der Waals surface area (Å²) in [5, 5.41) is 8.30. The Morgan fingerprint density at radius 2 is 1.87 bits per heavy atom. The molecule has 0 unspecified atom stereocenters. The van der Waals surface area contributed by atoms with Gasteiger partial charge in [-0.2, -0.15) is 5.10 Å². The van der Waals surface area contributed by atoms with E-state index >= 15 is 0 Å². The number of benzene rings is 1. The maximum Gasteiger partial charge on any atom is 0.254 e. The number of halogens is 2. The molecule has 0 saturated heterocycles. The minimum absolute atomic E-state index is 0.228. The van der Waals surface area contributed by atoms with Crippen molar-refractivity contribution in [3.05, 3.63) is 82.7 Å². The molecule has 0 radical (unpaired) electrons. The smallest absolute Gasteiger partial charge is 0.254 e. The first-order valence-corrected chi connectivity index (χ1v) is 10.8. The maximum absolute atomic E-state index is 13.4. The molecule has 0 saturated carbocycles. The molecular weight excluding hydrogens is 461 g/mol. The van der Waals surface area contributed by atoms with Crippen molar-refractivity contribution in [2.24, 2.45) is 0 Å². The number of nitrogens with one attached hydrogen (secondary N) is 1. The van der Waals surface area contributed by atoms with Gasteiger partial charge in [-0.25, -0.2) is 14.1 Å². The van der Waals surface area contributed by atoms with Gasteiger partial charge in [0.2, 0.25) is 0 Å². The van der Waals surface area contributed by atoms with E-state index in [0.29, 0.717) is 35.0 Å². The van der Waals surface area contributed by atoms with E-state index in [4.69, 9.17) is 0 Å². The highest BCUT2D eigenvalue weighted by atomic mass is 79.9. The molecule has 4 rings (SSSR count). The molecule has 0 aliphatic heterocycles. The normalized spacial score (nSPS) is 11.6. The van der Waals surface area contributed by atoms with Crippen LogP contribution in [0.25, 0.3) is 16.6 Å². The van der Waals surface area contributed by atoms with Crippen LogP contribution in [0, 0.1) is 5.82 Å². The van der Waals surface area contributed by atoms with Crippen LogP contribution >= 0.6 is 15.9 Å². The predicted octanol–water partition coefficient (Wildman–Crippen LogP) is 5.16. The molecule has 3 heterocycles. The van der Waals surface area contributed by atoms with Crippen LogP contribution in [0.3, 0.4) is 0 Å². The third-order valence-corrected chi connectivity index (χ3v) is 6.09. The molecule has 6 nitrogen and oxygen atoms in total. The molecule has 1 aromatic carbocycles. The summed E-state index contributed by atoms with van der Waals surface area (Å²) < 4.78 is 15.7. The van der Waals surface area contributed by atoms with Gasteiger partial charge in [0.15, 0.2) is 0 Å². The van der Waals surface area contributed by atoms with Crippen molar-refractivity contribution in [1.29, 1.82) is 0 Å². The van der Waals surface area contributed by atoms with Crippen LogP contribution in [-0.2, 0) is 5.54 Å². The second-order valence-electron chi connectivity index (χ2n) is 7.26. The summed E-state index contributed by atoms with van der Waals surface area (Å²) in [6, 6.07) is 9.86. The summed E-state index contributed by atoms with van der Waals surface area (Å²) in [6.45, 7) is 4.09. The summed E-state index contributed by atoms with van der Waals surface area (Å²) in [5.41, 5.74) is 2.23. The van der Waals surface area contributed by atoms with E-state index in [0.717, 1.165) is 10.2 Å². The standard InChI is InChI=1S/C23H21BrFN5O/c1-3-23(4-2,15-9-10-27-21(24)11-15)29-22(31)19-12-26-14-20-18(19)13-28-30(20)17-7-5-16(25)6-8-17/h5-14H,3-4H2,1-2H3,(H,29,31). The molecular formula is C23H21BrFN5O. The molecule has 0 fully saturated rings. The molecule has 3 aromatic heterocycles. The van der Waals surface area contributed by atoms with Crippen molar-refractivity contribution in [3.8, 4) is 5.69 Å². The van der Waals surface area contributed by atoms with E-state index in [1.807, 2.05) is 26.0 Å². The average Bonchev–Trinajstić information content (AvgIpc) is 3.22. The van der Waals surface area contributed by atoms with Crippen molar-refractivity contribution in [2.45, 2.75) is 32.2 Å². The molecule has 8 heteroatoms. The second-order valence-corrected chi connectivity index (χ2v) is 8.08. The number of hydrogen-bond donors (Lipinski definition) is 1. The Kier molecular flexibility index (Phi) is 5.82. The van der Waals surface area contributed by atoms with E-state index in [9.17, 15) is 9.18 Å². The number of rotatable bonds is 6. The first-order chi connectivity index (χ1) is 15.0. The second kappa shape index (κ2) is 8.55. The van der Waals surface area contributed by atoms with Crippen LogP contribution in [0.2, 0.25) is 0 Å². The highest BCUT2D eigenvalue weighted by Gasteiger charge is 2.31. The summed E-state index contributed by atoms with van der Waals surface area (Å²) in [5.74, 6) is -0.551. The third kappa shape index (κ3) is 3.95. The fraction of sp³-hybridized carbons (Fsp3) is 0.217. The van der Waals surface area contributed by atoms with E-state index in [1.165, 1.54) is 12.1 Å². The minimum atomic E-state index is -0.544. The molecule has 31 heavy (non-hydrogen) atoms. The number of carbonyl (C=O) groups excluding carboxylic acids is 1. The lowest BCUT2D eigenvalue weighted by Crippen LogP contribution is -2.45. The first kappa shape index (κ1) is 21.1. The van der Waals surface area contributed by atoms with Gasteiger partial charge in [0.05, 0.1) is 34.7 Å². The number of carbonyl (C=O) groups is 1. The summed E-state index contributed by atoms with van der Waals surface area (Å²) in [6.07, 6.45) is 7.98. The van der Waals surface area contributed by atoms with Gasteiger partial charge < -0.3 is 5.32 Å². The summed E-state index contributed by atoms with van der Waals surface area (Å²) in [7, 11) is 0. The maximum atomic E-state index is 13.4. The van der Waals surface area contributed by atoms with Gasteiger partial charge in [-0.1, -0.05) is 13.8 Å². The van der Waals surface area contributed by atoms with Crippen molar-refractivity contribution >= 4 is 32.7 Å². The highest BCUT2D eigenvalue weighted by molar-refractivity contribution is 9.10. The lowest BCUT2D eigenvalue weighted by molar-refractivity contribution is 0.0890. The number of nitrogens with zero attached hydrogens (tertiary/aromatic N) is 4. The average molecular weight is 482 g/mol. The Balaban J connectivity index is 1.73. The third-order valence-electron chi connectivity index (χ3n) is 5.65. The van der Waals surface area contributed by atoms with Crippen molar-refractivity contribution in [2.75, 3.05) is 0 Å². The molecule has 0 bridgehead atoms. The Hall–Kier alpha value is -3.13. The van der Waals surface area contributed by atoms with Crippen LogP contribution in [0.1, 0.15) is 42.6 Å². The fourth-order valence-corrected chi connectivity index (χ4v) is 4.17. The van der Waals surface area contributed by atoms with Crippen LogP contribution in [0.5, 0.6) is 0 Å². The Morgan fingerprint density at radius 3 is 2.55 bits per heavy atom. The topological polar surface area (TPSA) is 72.7 Å². The van der Waals surface area contributed by atoms with E-state index in [-0.39, 0.29) is 11.7 Å². The van der Waals surface area contributed by atoms with E-state index in [2.05, 4.69) is 36.3 Å². The Bertz CT molecular complexity index is 1230. The zero-order valence-corrected chi connectivity index (χ0v) is 18.7. The number of pyridine rings is 2. The predicted molar refractivity (Wildman–Crippen MR) is 120 cm³/mol. The largest absolute Gasteiger partial charge is 0.342 e. The summed E-state index contributed by atoms with van der Waals surface area (Å²) in [4.78, 5) is 21.8. The van der Waals surface area contributed by atoms with Gasteiger partial charge >= 0.3 is 0 Å². The fourth-order valence-electron chi connectivity index (χ4n) is 3.80. The molecule has 1 amide bonds. The molecule has 1 N–H and O–H groups in total. The van der Waals surface area contributed by atoms with Gasteiger partial charge in [-0.05, 0) is 70.7 Å². The Morgan fingerprint density at radius 1 is 1.13 bits per heavy atom. The summed E-state index contributed by atoms with van der Waals surface area (Å²) >= 11 is 3.42. The molecule has 0 spiro atoms. The van der Waals surface area contributed by atoms with Crippen LogP contribution in [0.15, 0.2) is 65.8 Å². The van der Waals surface area contributed by atoms with Crippen LogP contribution < -0.4 is 5.32 Å². The van der Waals surface area contributed by atoms with Crippen molar-refractivity contribution in [1.82, 2.24) is 25.1 Å².